The molecule has 0 aliphatic rings. The maximum atomic E-state index is 5.41. The van der Waals surface area contributed by atoms with Crippen molar-refractivity contribution in [2.45, 2.75) is 71.6 Å². The molecule has 0 aromatic carbocycles. The Kier molecular flexibility index (Phi) is 22.0. The summed E-state index contributed by atoms with van der Waals surface area (Å²) in [6.07, 6.45) is 14.2. The van der Waals surface area contributed by atoms with E-state index in [4.69, 9.17) is 5.73 Å². The standard InChI is InChI=1S/C11H25N.C3H6/c1-2-3-4-5-6-7-8-9-10-11-12;1-3-2/h2-12H2,1H3;3H,1H2,2H3. The Morgan fingerprint density at radius 1 is 0.867 bits per heavy atom. The average Bonchev–Trinajstić information content (AvgIpc) is 2.23. The Labute approximate surface area is 97.1 Å². The summed E-state index contributed by atoms with van der Waals surface area (Å²) in [5, 5.41) is 0. The van der Waals surface area contributed by atoms with Crippen molar-refractivity contribution in [2.75, 3.05) is 6.54 Å². The van der Waals surface area contributed by atoms with Crippen LogP contribution in [-0.4, -0.2) is 6.54 Å². The molecule has 1 heteroatoms. The van der Waals surface area contributed by atoms with Crippen molar-refractivity contribution in [1.29, 1.82) is 0 Å². The number of rotatable bonds is 9. The topological polar surface area (TPSA) is 26.0 Å². The van der Waals surface area contributed by atoms with E-state index in [-0.39, 0.29) is 0 Å². The van der Waals surface area contributed by atoms with Gasteiger partial charge in [0.15, 0.2) is 0 Å². The summed E-state index contributed by atoms with van der Waals surface area (Å²) in [4.78, 5) is 0. The number of unbranched alkanes of at least 4 members (excludes halogenated alkanes) is 8. The minimum absolute atomic E-state index is 0.871. The van der Waals surface area contributed by atoms with Gasteiger partial charge in [-0.3, -0.25) is 0 Å². The van der Waals surface area contributed by atoms with E-state index in [0.29, 0.717) is 0 Å². The highest BCUT2D eigenvalue weighted by Crippen LogP contribution is 2.08. The van der Waals surface area contributed by atoms with Gasteiger partial charge in [0, 0.05) is 0 Å². The molecule has 0 saturated heterocycles. The van der Waals surface area contributed by atoms with Gasteiger partial charge < -0.3 is 5.73 Å². The number of hydrogen-bond acceptors (Lipinski definition) is 1. The summed E-state index contributed by atoms with van der Waals surface area (Å²) in [7, 11) is 0. The van der Waals surface area contributed by atoms with Gasteiger partial charge in [0.2, 0.25) is 0 Å². The quantitative estimate of drug-likeness (QED) is 0.437. The van der Waals surface area contributed by atoms with Crippen LogP contribution in [0.3, 0.4) is 0 Å². The van der Waals surface area contributed by atoms with Crippen molar-refractivity contribution in [2.24, 2.45) is 5.73 Å². The Balaban J connectivity index is 0. The van der Waals surface area contributed by atoms with Gasteiger partial charge in [-0.2, -0.15) is 0 Å². The van der Waals surface area contributed by atoms with Gasteiger partial charge >= 0.3 is 0 Å². The van der Waals surface area contributed by atoms with Gasteiger partial charge in [-0.1, -0.05) is 64.4 Å². The Morgan fingerprint density at radius 3 is 1.53 bits per heavy atom. The van der Waals surface area contributed by atoms with E-state index in [0.717, 1.165) is 6.54 Å². The predicted molar refractivity (Wildman–Crippen MR) is 72.2 cm³/mol. The minimum Gasteiger partial charge on any atom is -0.330 e. The van der Waals surface area contributed by atoms with Crippen LogP contribution < -0.4 is 5.73 Å². The fraction of sp³-hybridized carbons (Fsp3) is 0.857. The normalized spacial score (nSPS) is 9.27. The highest BCUT2D eigenvalue weighted by Gasteiger charge is 1.90. The number of nitrogens with two attached hydrogens (primary N) is 1. The van der Waals surface area contributed by atoms with Crippen LogP contribution in [0, 0.1) is 0 Å². The summed E-state index contributed by atoms with van der Waals surface area (Å²) in [5.41, 5.74) is 5.41. The SMILES string of the molecule is C=CC.CCCCCCCCCCCN. The van der Waals surface area contributed by atoms with Crippen LogP contribution in [-0.2, 0) is 0 Å². The van der Waals surface area contributed by atoms with Crippen molar-refractivity contribution >= 4 is 0 Å². The van der Waals surface area contributed by atoms with Crippen LogP contribution in [0.5, 0.6) is 0 Å². The van der Waals surface area contributed by atoms with Gasteiger partial charge in [0.1, 0.15) is 0 Å². The second-order valence-corrected chi connectivity index (χ2v) is 4.03. The molecule has 0 heterocycles. The molecule has 0 fully saturated rings. The third-order valence-electron chi connectivity index (χ3n) is 2.31. The maximum Gasteiger partial charge on any atom is -0.00773 e. The first-order valence-electron chi connectivity index (χ1n) is 6.60. The second-order valence-electron chi connectivity index (χ2n) is 4.03. The lowest BCUT2D eigenvalue weighted by molar-refractivity contribution is 0.567. The second kappa shape index (κ2) is 19.3. The smallest absolute Gasteiger partial charge is 0.00773 e. The van der Waals surface area contributed by atoms with Crippen molar-refractivity contribution < 1.29 is 0 Å². The molecular weight excluding hydrogens is 182 g/mol. The minimum atomic E-state index is 0.871. The molecule has 0 unspecified atom stereocenters. The Bertz CT molecular complexity index is 89.5. The van der Waals surface area contributed by atoms with E-state index in [1.165, 1.54) is 57.8 Å². The molecule has 2 N–H and O–H groups in total. The zero-order valence-electron chi connectivity index (χ0n) is 10.9. The largest absolute Gasteiger partial charge is 0.330 e. The van der Waals surface area contributed by atoms with Gasteiger partial charge in [0.05, 0.1) is 0 Å². The summed E-state index contributed by atoms with van der Waals surface area (Å²) in [5.74, 6) is 0. The fourth-order valence-electron chi connectivity index (χ4n) is 1.45. The third-order valence-corrected chi connectivity index (χ3v) is 2.31. The van der Waals surface area contributed by atoms with E-state index in [9.17, 15) is 0 Å². The van der Waals surface area contributed by atoms with Crippen LogP contribution in [0.25, 0.3) is 0 Å². The molecule has 0 atom stereocenters. The van der Waals surface area contributed by atoms with Crippen LogP contribution in [0.15, 0.2) is 12.7 Å². The predicted octanol–water partition coefficient (Wildman–Crippen LogP) is 4.67. The molecule has 92 valence electrons. The third kappa shape index (κ3) is 24.8. The molecule has 0 aromatic heterocycles. The fourth-order valence-corrected chi connectivity index (χ4v) is 1.45. The zero-order valence-corrected chi connectivity index (χ0v) is 10.9. The van der Waals surface area contributed by atoms with E-state index >= 15 is 0 Å². The zero-order chi connectivity index (χ0) is 11.8. The molecule has 0 saturated carbocycles. The Morgan fingerprint density at radius 2 is 1.20 bits per heavy atom. The van der Waals surface area contributed by atoms with Gasteiger partial charge in [-0.15, -0.1) is 6.58 Å². The van der Waals surface area contributed by atoms with Crippen LogP contribution in [0.4, 0.5) is 0 Å². The maximum absolute atomic E-state index is 5.41. The molecular formula is C14H31N. The average molecular weight is 213 g/mol. The Hall–Kier alpha value is -0.300. The van der Waals surface area contributed by atoms with Crippen molar-refractivity contribution in [3.8, 4) is 0 Å². The molecule has 0 bridgehead atoms. The summed E-state index contributed by atoms with van der Waals surface area (Å²) >= 11 is 0. The van der Waals surface area contributed by atoms with Crippen molar-refractivity contribution in [3.63, 3.8) is 0 Å². The monoisotopic (exact) mass is 213 g/mol. The first-order chi connectivity index (χ1) is 7.33. The van der Waals surface area contributed by atoms with Crippen LogP contribution in [0.2, 0.25) is 0 Å². The number of hydrogen-bond donors (Lipinski definition) is 1. The summed E-state index contributed by atoms with van der Waals surface area (Å²) in [6, 6.07) is 0. The summed E-state index contributed by atoms with van der Waals surface area (Å²) < 4.78 is 0. The first kappa shape index (κ1) is 17.1. The highest BCUT2D eigenvalue weighted by atomic mass is 14.5. The molecule has 0 aliphatic heterocycles. The highest BCUT2D eigenvalue weighted by molar-refractivity contribution is 4.51. The molecule has 0 aliphatic carbocycles. The molecule has 1 nitrogen and oxygen atoms in total. The van der Waals surface area contributed by atoms with Crippen molar-refractivity contribution in [1.82, 2.24) is 0 Å². The molecule has 0 rings (SSSR count). The van der Waals surface area contributed by atoms with E-state index in [1.54, 1.807) is 6.08 Å². The van der Waals surface area contributed by atoms with E-state index in [1.807, 2.05) is 6.92 Å². The van der Waals surface area contributed by atoms with Gasteiger partial charge in [0.25, 0.3) is 0 Å². The first-order valence-corrected chi connectivity index (χ1v) is 6.60. The molecule has 0 amide bonds. The number of allylic oxidation sites excluding steroid dienone is 1. The lowest BCUT2D eigenvalue weighted by Gasteiger charge is -1.99. The molecule has 15 heavy (non-hydrogen) atoms. The lowest BCUT2D eigenvalue weighted by atomic mass is 10.1. The van der Waals surface area contributed by atoms with E-state index < -0.39 is 0 Å². The molecule has 0 radical (unpaired) electrons. The lowest BCUT2D eigenvalue weighted by Crippen LogP contribution is -1.97. The van der Waals surface area contributed by atoms with Crippen LogP contribution in [0.1, 0.15) is 71.6 Å². The van der Waals surface area contributed by atoms with Gasteiger partial charge in [-0.05, 0) is 19.9 Å². The van der Waals surface area contributed by atoms with Crippen molar-refractivity contribution in [3.05, 3.63) is 12.7 Å². The molecule has 0 spiro atoms. The van der Waals surface area contributed by atoms with Gasteiger partial charge in [-0.25, -0.2) is 0 Å². The van der Waals surface area contributed by atoms with Crippen LogP contribution >= 0.6 is 0 Å². The molecule has 0 aromatic rings. The van der Waals surface area contributed by atoms with E-state index in [2.05, 4.69) is 13.5 Å². The summed E-state index contributed by atoms with van der Waals surface area (Å²) in [6.45, 7) is 8.39.